The second-order valence-corrected chi connectivity index (χ2v) is 8.04. The van der Waals surface area contributed by atoms with Crippen molar-refractivity contribution in [1.82, 2.24) is 0 Å². The highest BCUT2D eigenvalue weighted by Crippen LogP contribution is 2.52. The number of carboxylic acids is 1. The number of carbonyl (C=O) groups is 3. The molecule has 36 heavy (non-hydrogen) atoms. The molecule has 4 unspecified atom stereocenters. The molecule has 14 nitrogen and oxygen atoms in total. The Labute approximate surface area is 201 Å². The van der Waals surface area contributed by atoms with Crippen molar-refractivity contribution in [2.75, 3.05) is 13.2 Å². The summed E-state index contributed by atoms with van der Waals surface area (Å²) in [7, 11) is 0. The molecule has 0 fully saturated rings. The van der Waals surface area contributed by atoms with E-state index in [0.29, 0.717) is 0 Å². The molecule has 0 saturated carbocycles. The normalized spacial score (nSPS) is 16.1. The monoisotopic (exact) mass is 510 g/mol. The van der Waals surface area contributed by atoms with Gasteiger partial charge in [0, 0.05) is 5.56 Å². The van der Waals surface area contributed by atoms with Crippen LogP contribution in [-0.2, 0) is 0 Å². The van der Waals surface area contributed by atoms with Gasteiger partial charge in [0.25, 0.3) is 0 Å². The van der Waals surface area contributed by atoms with Crippen LogP contribution in [0.5, 0.6) is 28.7 Å². The number of carbonyl (C=O) groups excluding carboxylic acids is 2. The maximum Gasteiger partial charge on any atom is 0.340 e. The topological polar surface area (TPSA) is 263 Å². The van der Waals surface area contributed by atoms with Crippen molar-refractivity contribution in [3.63, 3.8) is 0 Å². The van der Waals surface area contributed by atoms with Gasteiger partial charge in [0.1, 0.15) is 42.3 Å². The Morgan fingerprint density at radius 2 is 1.36 bits per heavy atom. The number of aliphatic hydroxyl groups excluding tert-OH is 5. The Hall–Kier alpha value is -3.95. The van der Waals surface area contributed by atoms with Gasteiger partial charge in [-0.1, -0.05) is 0 Å². The van der Waals surface area contributed by atoms with Crippen molar-refractivity contribution < 1.29 is 70.2 Å². The fourth-order valence-corrected chi connectivity index (χ4v) is 3.88. The first-order chi connectivity index (χ1) is 16.8. The minimum absolute atomic E-state index is 0.0408. The lowest BCUT2D eigenvalue weighted by Crippen LogP contribution is -2.47. The number of aliphatic hydroxyl groups is 5. The Balaban J connectivity index is 2.09. The maximum absolute atomic E-state index is 13.2. The molecule has 4 atom stereocenters. The smallest absolute Gasteiger partial charge is 0.340 e. The van der Waals surface area contributed by atoms with Crippen LogP contribution in [0.25, 0.3) is 0 Å². The SMILES string of the molecule is Cc1cc(O)c(C(=O)O)c2c1C(=O)c1c(O)c(OCC(O)C(O)C(O)C(O)CO)c(O)c(O)c1C2=O. The first-order valence-electron chi connectivity index (χ1n) is 10.2. The predicted molar refractivity (Wildman–Crippen MR) is 115 cm³/mol. The first kappa shape index (κ1) is 26.7. The Kier molecular flexibility index (Phi) is 7.11. The van der Waals surface area contributed by atoms with Crippen molar-refractivity contribution in [2.45, 2.75) is 31.3 Å². The lowest BCUT2D eigenvalue weighted by molar-refractivity contribution is -0.121. The summed E-state index contributed by atoms with van der Waals surface area (Å²) in [5, 5.41) is 98.7. The summed E-state index contributed by atoms with van der Waals surface area (Å²) in [6.07, 6.45) is -7.92. The molecule has 0 saturated heterocycles. The third-order valence-electron chi connectivity index (χ3n) is 5.73. The molecular weight excluding hydrogens is 488 g/mol. The van der Waals surface area contributed by atoms with E-state index in [1.807, 2.05) is 0 Å². The molecule has 0 radical (unpaired) electrons. The van der Waals surface area contributed by atoms with Gasteiger partial charge in [-0.3, -0.25) is 9.59 Å². The summed E-state index contributed by atoms with van der Waals surface area (Å²) in [5.74, 6) is -9.81. The van der Waals surface area contributed by atoms with E-state index < -0.39 is 112 Å². The predicted octanol–water partition coefficient (Wildman–Crippen LogP) is -1.89. The molecule has 1 aliphatic rings. The van der Waals surface area contributed by atoms with Gasteiger partial charge in [-0.25, -0.2) is 4.79 Å². The second kappa shape index (κ2) is 9.60. The van der Waals surface area contributed by atoms with Gasteiger partial charge in [0.2, 0.25) is 11.5 Å². The zero-order valence-electron chi connectivity index (χ0n) is 18.4. The minimum atomic E-state index is -2.08. The van der Waals surface area contributed by atoms with Crippen LogP contribution in [0.1, 0.15) is 47.8 Å². The maximum atomic E-state index is 13.2. The summed E-state index contributed by atoms with van der Waals surface area (Å²) in [6, 6.07) is 0.914. The van der Waals surface area contributed by atoms with Gasteiger partial charge in [-0.05, 0) is 18.6 Å². The third-order valence-corrected chi connectivity index (χ3v) is 5.73. The molecule has 0 aromatic heterocycles. The number of fused-ring (bicyclic) bond motifs is 2. The highest BCUT2D eigenvalue weighted by Gasteiger charge is 2.42. The average Bonchev–Trinajstić information content (AvgIpc) is 2.82. The van der Waals surface area contributed by atoms with E-state index in [2.05, 4.69) is 0 Å². The van der Waals surface area contributed by atoms with Crippen LogP contribution < -0.4 is 4.74 Å². The lowest BCUT2D eigenvalue weighted by Gasteiger charge is -2.27. The number of phenolic OH excluding ortho intramolecular Hbond substituents is 3. The van der Waals surface area contributed by atoms with Gasteiger partial charge in [0.05, 0.1) is 23.3 Å². The molecule has 194 valence electrons. The van der Waals surface area contributed by atoms with Crippen LogP contribution in [-0.4, -0.2) is 106 Å². The Morgan fingerprint density at radius 3 is 1.92 bits per heavy atom. The fourth-order valence-electron chi connectivity index (χ4n) is 3.88. The highest BCUT2D eigenvalue weighted by atomic mass is 16.5. The van der Waals surface area contributed by atoms with Gasteiger partial charge in [-0.15, -0.1) is 0 Å². The molecule has 2 aromatic carbocycles. The molecule has 3 rings (SSSR count). The first-order valence-corrected chi connectivity index (χ1v) is 10.2. The zero-order valence-corrected chi connectivity index (χ0v) is 18.4. The molecule has 0 amide bonds. The number of benzene rings is 2. The van der Waals surface area contributed by atoms with Crippen LogP contribution in [0.3, 0.4) is 0 Å². The lowest BCUT2D eigenvalue weighted by atomic mass is 9.78. The van der Waals surface area contributed by atoms with Crippen LogP contribution in [0.4, 0.5) is 0 Å². The van der Waals surface area contributed by atoms with Gasteiger partial charge >= 0.3 is 5.97 Å². The molecule has 0 bridgehead atoms. The number of aromatic carboxylic acids is 1. The number of aromatic hydroxyl groups is 4. The largest absolute Gasteiger partial charge is 0.507 e. The third kappa shape index (κ3) is 4.06. The summed E-state index contributed by atoms with van der Waals surface area (Å²) >= 11 is 0. The van der Waals surface area contributed by atoms with Crippen LogP contribution >= 0.6 is 0 Å². The van der Waals surface area contributed by atoms with Crippen LogP contribution in [0.15, 0.2) is 6.07 Å². The van der Waals surface area contributed by atoms with Gasteiger partial charge in [0.15, 0.2) is 23.1 Å². The molecule has 0 aliphatic heterocycles. The van der Waals surface area contributed by atoms with E-state index in [-0.39, 0.29) is 5.56 Å². The number of rotatable bonds is 8. The molecule has 0 spiro atoms. The van der Waals surface area contributed by atoms with Crippen molar-refractivity contribution in [2.24, 2.45) is 0 Å². The van der Waals surface area contributed by atoms with E-state index in [1.165, 1.54) is 6.92 Å². The van der Waals surface area contributed by atoms with Crippen molar-refractivity contribution in [3.05, 3.63) is 39.4 Å². The fraction of sp³-hybridized carbons (Fsp3) is 0.318. The Morgan fingerprint density at radius 1 is 0.833 bits per heavy atom. The van der Waals surface area contributed by atoms with Crippen molar-refractivity contribution in [3.8, 4) is 28.7 Å². The van der Waals surface area contributed by atoms with E-state index in [9.17, 15) is 60.3 Å². The summed E-state index contributed by atoms with van der Waals surface area (Å²) in [5.41, 5.74) is -4.07. The molecule has 10 N–H and O–H groups in total. The molecular formula is C22H22O14. The van der Waals surface area contributed by atoms with E-state index in [0.717, 1.165) is 6.07 Å². The molecule has 14 heteroatoms. The number of phenols is 4. The summed E-state index contributed by atoms with van der Waals surface area (Å²) in [4.78, 5) is 38.0. The van der Waals surface area contributed by atoms with Crippen LogP contribution in [0, 0.1) is 6.92 Å². The minimum Gasteiger partial charge on any atom is -0.507 e. The number of hydrogen-bond donors (Lipinski definition) is 10. The highest BCUT2D eigenvalue weighted by molar-refractivity contribution is 6.33. The average molecular weight is 510 g/mol. The van der Waals surface area contributed by atoms with E-state index >= 15 is 0 Å². The number of carboxylic acid groups (broad SMARTS) is 1. The van der Waals surface area contributed by atoms with E-state index in [4.69, 9.17) is 9.84 Å². The number of aryl methyl sites for hydroxylation is 1. The quantitative estimate of drug-likeness (QED) is 0.117. The number of ketones is 2. The van der Waals surface area contributed by atoms with Gasteiger partial charge in [-0.2, -0.15) is 0 Å². The van der Waals surface area contributed by atoms with Gasteiger partial charge < -0.3 is 55.8 Å². The standard InChI is InChI=1S/C22H22O14/c1-5-2-6(24)10(22(34)35)11-9(5)16(29)13-12(17(11)30)18(31)20(33)21(19(13)32)36-4-8(26)15(28)14(27)7(25)3-23/h2,7-8,14-15,23-28,31-33H,3-4H2,1H3,(H,34,35). The van der Waals surface area contributed by atoms with E-state index in [1.54, 1.807) is 0 Å². The Bertz CT molecular complexity index is 1270. The number of hydrogen-bond acceptors (Lipinski definition) is 13. The summed E-state index contributed by atoms with van der Waals surface area (Å²) < 4.78 is 5.02. The van der Waals surface area contributed by atoms with Crippen molar-refractivity contribution in [1.29, 1.82) is 0 Å². The summed E-state index contributed by atoms with van der Waals surface area (Å²) in [6.45, 7) is -0.673. The van der Waals surface area contributed by atoms with Crippen LogP contribution in [0.2, 0.25) is 0 Å². The molecule has 1 aliphatic carbocycles. The number of ether oxygens (including phenoxy) is 1. The second-order valence-electron chi connectivity index (χ2n) is 8.04. The van der Waals surface area contributed by atoms with Crippen molar-refractivity contribution >= 4 is 17.5 Å². The zero-order chi connectivity index (χ0) is 27.2. The molecule has 0 heterocycles. The molecule has 2 aromatic rings.